The lowest BCUT2D eigenvalue weighted by atomic mass is 10.1. The zero-order valence-corrected chi connectivity index (χ0v) is 15.1. The highest BCUT2D eigenvalue weighted by atomic mass is 16.4. The van der Waals surface area contributed by atoms with Gasteiger partial charge in [-0.3, -0.25) is 0 Å². The molecule has 0 aliphatic carbocycles. The van der Waals surface area contributed by atoms with E-state index in [1.54, 1.807) is 0 Å². The van der Waals surface area contributed by atoms with E-state index in [1.807, 2.05) is 0 Å². The van der Waals surface area contributed by atoms with Crippen LogP contribution in [-0.2, 0) is 4.79 Å². The highest BCUT2D eigenvalue weighted by Crippen LogP contribution is 2.11. The van der Waals surface area contributed by atoms with Crippen LogP contribution in [0.5, 0.6) is 0 Å². The molecule has 0 fully saturated rings. The first-order valence-electron chi connectivity index (χ1n) is 9.72. The van der Waals surface area contributed by atoms with E-state index < -0.39 is 12.1 Å². The third-order valence-electron chi connectivity index (χ3n) is 4.26. The lowest BCUT2D eigenvalue weighted by Gasteiger charge is -2.10. The summed E-state index contributed by atoms with van der Waals surface area (Å²) in [6.45, 7) is 2.25. The predicted octanol–water partition coefficient (Wildman–Crippen LogP) is 4.52. The van der Waals surface area contributed by atoms with Crippen molar-refractivity contribution in [1.82, 2.24) is 0 Å². The Labute approximate surface area is 143 Å². The normalized spacial score (nSPS) is 12.8. The first kappa shape index (κ1) is 22.2. The Morgan fingerprint density at radius 3 is 1.74 bits per heavy atom. The van der Waals surface area contributed by atoms with E-state index in [2.05, 4.69) is 19.1 Å². The molecule has 0 amide bonds. The Morgan fingerprint density at radius 2 is 1.26 bits per heavy atom. The Kier molecular flexibility index (Phi) is 16.9. The van der Waals surface area contributed by atoms with Gasteiger partial charge in [-0.05, 0) is 32.1 Å². The van der Waals surface area contributed by atoms with Gasteiger partial charge in [0.2, 0.25) is 0 Å². The molecule has 0 bridgehead atoms. The van der Waals surface area contributed by atoms with Crippen LogP contribution in [0.2, 0.25) is 0 Å². The van der Waals surface area contributed by atoms with Crippen LogP contribution in [0, 0.1) is 0 Å². The standard InChI is InChI=1S/C20H38O3/c1-2-3-4-5-6-7-8-9-10-11-12-13-14-15-16-17-18-19(21)20(22)23/h9-10,19,21H,2-8,11-18H2,1H3,(H,22,23)/p-1/b10-9-. The topological polar surface area (TPSA) is 60.4 Å². The quantitative estimate of drug-likeness (QED) is 0.316. The average molecular weight is 326 g/mol. The first-order valence-corrected chi connectivity index (χ1v) is 9.72. The summed E-state index contributed by atoms with van der Waals surface area (Å²) < 4.78 is 0. The second-order valence-corrected chi connectivity index (χ2v) is 6.56. The predicted molar refractivity (Wildman–Crippen MR) is 95.1 cm³/mol. The lowest BCUT2D eigenvalue weighted by Crippen LogP contribution is -2.35. The van der Waals surface area contributed by atoms with Crippen LogP contribution < -0.4 is 5.11 Å². The molecule has 0 aromatic carbocycles. The van der Waals surface area contributed by atoms with E-state index in [4.69, 9.17) is 5.11 Å². The molecule has 0 saturated carbocycles. The van der Waals surface area contributed by atoms with Gasteiger partial charge in [0, 0.05) is 0 Å². The van der Waals surface area contributed by atoms with Crippen molar-refractivity contribution in [1.29, 1.82) is 0 Å². The zero-order valence-electron chi connectivity index (χ0n) is 15.1. The average Bonchev–Trinajstić information content (AvgIpc) is 2.54. The molecule has 3 heteroatoms. The summed E-state index contributed by atoms with van der Waals surface area (Å²) in [7, 11) is 0. The van der Waals surface area contributed by atoms with E-state index >= 15 is 0 Å². The van der Waals surface area contributed by atoms with Crippen molar-refractivity contribution in [2.24, 2.45) is 0 Å². The third kappa shape index (κ3) is 17.4. The number of hydrogen-bond donors (Lipinski definition) is 1. The summed E-state index contributed by atoms with van der Waals surface area (Å²) in [5, 5.41) is 19.4. The molecule has 0 aromatic heterocycles. The fourth-order valence-corrected chi connectivity index (χ4v) is 2.70. The maximum Gasteiger partial charge on any atom is 0.0933 e. The summed E-state index contributed by atoms with van der Waals surface area (Å²) in [5.74, 6) is -1.35. The molecular formula is C20H37O3-. The largest absolute Gasteiger partial charge is 0.547 e. The minimum atomic E-state index is -1.35. The molecule has 0 aromatic rings. The van der Waals surface area contributed by atoms with E-state index in [0.717, 1.165) is 19.3 Å². The van der Waals surface area contributed by atoms with E-state index in [-0.39, 0.29) is 0 Å². The maximum absolute atomic E-state index is 10.3. The second kappa shape index (κ2) is 17.5. The summed E-state index contributed by atoms with van der Waals surface area (Å²) in [5.41, 5.74) is 0. The van der Waals surface area contributed by atoms with Crippen LogP contribution >= 0.6 is 0 Å². The van der Waals surface area contributed by atoms with Gasteiger partial charge in [0.15, 0.2) is 0 Å². The van der Waals surface area contributed by atoms with Crippen LogP contribution in [0.3, 0.4) is 0 Å². The van der Waals surface area contributed by atoms with Crippen molar-refractivity contribution >= 4 is 5.97 Å². The van der Waals surface area contributed by atoms with Crippen LogP contribution in [0.1, 0.15) is 103 Å². The number of unbranched alkanes of at least 4 members (excludes halogenated alkanes) is 12. The second-order valence-electron chi connectivity index (χ2n) is 6.56. The number of carbonyl (C=O) groups is 1. The molecule has 0 saturated heterocycles. The lowest BCUT2D eigenvalue weighted by molar-refractivity contribution is -0.315. The number of aliphatic hydroxyl groups excluding tert-OH is 1. The fourth-order valence-electron chi connectivity index (χ4n) is 2.70. The van der Waals surface area contributed by atoms with Gasteiger partial charge in [-0.1, -0.05) is 83.3 Å². The molecule has 0 spiro atoms. The van der Waals surface area contributed by atoms with Gasteiger partial charge in [0.1, 0.15) is 0 Å². The molecule has 3 nitrogen and oxygen atoms in total. The molecule has 0 radical (unpaired) electrons. The molecule has 0 heterocycles. The number of rotatable bonds is 17. The highest BCUT2D eigenvalue weighted by Gasteiger charge is 2.03. The Balaban J connectivity index is 3.15. The fraction of sp³-hybridized carbons (Fsp3) is 0.850. The summed E-state index contributed by atoms with van der Waals surface area (Å²) in [6.07, 6.45) is 20.9. The molecule has 1 unspecified atom stereocenters. The summed E-state index contributed by atoms with van der Waals surface area (Å²) in [6, 6.07) is 0. The number of allylic oxidation sites excluding steroid dienone is 2. The smallest absolute Gasteiger partial charge is 0.0933 e. The van der Waals surface area contributed by atoms with E-state index in [1.165, 1.54) is 70.6 Å². The minimum Gasteiger partial charge on any atom is -0.547 e. The van der Waals surface area contributed by atoms with Gasteiger partial charge in [-0.25, -0.2) is 0 Å². The van der Waals surface area contributed by atoms with Gasteiger partial charge in [-0.2, -0.15) is 0 Å². The minimum absolute atomic E-state index is 0.323. The number of aliphatic carboxylic acids is 1. The number of carboxylic acid groups (broad SMARTS) is 1. The third-order valence-corrected chi connectivity index (χ3v) is 4.26. The van der Waals surface area contributed by atoms with Crippen molar-refractivity contribution < 1.29 is 15.0 Å². The highest BCUT2D eigenvalue weighted by molar-refractivity contribution is 5.69. The van der Waals surface area contributed by atoms with Crippen LogP contribution in [0.25, 0.3) is 0 Å². The van der Waals surface area contributed by atoms with Crippen molar-refractivity contribution in [3.63, 3.8) is 0 Å². The molecule has 0 aliphatic rings. The number of carboxylic acids is 1. The Morgan fingerprint density at radius 1 is 0.826 bits per heavy atom. The van der Waals surface area contributed by atoms with Crippen LogP contribution in [0.15, 0.2) is 12.2 Å². The van der Waals surface area contributed by atoms with Crippen LogP contribution in [0.4, 0.5) is 0 Å². The molecule has 1 N–H and O–H groups in total. The van der Waals surface area contributed by atoms with Gasteiger partial charge in [0.05, 0.1) is 12.1 Å². The Bertz CT molecular complexity index is 287. The van der Waals surface area contributed by atoms with Crippen molar-refractivity contribution in [2.45, 2.75) is 109 Å². The molecular weight excluding hydrogens is 288 g/mol. The molecule has 0 aliphatic heterocycles. The van der Waals surface area contributed by atoms with Gasteiger partial charge >= 0.3 is 0 Å². The monoisotopic (exact) mass is 325 g/mol. The van der Waals surface area contributed by atoms with Gasteiger partial charge < -0.3 is 15.0 Å². The SMILES string of the molecule is CCCCCCCC/C=C\CCCCCCCCC(O)C(=O)[O-]. The summed E-state index contributed by atoms with van der Waals surface area (Å²) >= 11 is 0. The van der Waals surface area contributed by atoms with Gasteiger partial charge in [-0.15, -0.1) is 0 Å². The van der Waals surface area contributed by atoms with Crippen molar-refractivity contribution in [2.75, 3.05) is 0 Å². The molecule has 23 heavy (non-hydrogen) atoms. The number of hydrogen-bond acceptors (Lipinski definition) is 3. The number of aliphatic hydroxyl groups is 1. The molecule has 1 atom stereocenters. The zero-order chi connectivity index (χ0) is 17.2. The van der Waals surface area contributed by atoms with E-state index in [0.29, 0.717) is 6.42 Å². The van der Waals surface area contributed by atoms with Crippen LogP contribution in [-0.4, -0.2) is 17.2 Å². The first-order chi connectivity index (χ1) is 11.2. The summed E-state index contributed by atoms with van der Waals surface area (Å²) in [4.78, 5) is 10.3. The molecule has 136 valence electrons. The number of carbonyl (C=O) groups excluding carboxylic acids is 1. The van der Waals surface area contributed by atoms with Gasteiger partial charge in [0.25, 0.3) is 0 Å². The van der Waals surface area contributed by atoms with E-state index in [9.17, 15) is 9.90 Å². The van der Waals surface area contributed by atoms with Crippen molar-refractivity contribution in [3.05, 3.63) is 12.2 Å². The Hall–Kier alpha value is -0.830. The molecule has 0 rings (SSSR count). The van der Waals surface area contributed by atoms with Crippen molar-refractivity contribution in [3.8, 4) is 0 Å². The maximum atomic E-state index is 10.3.